The van der Waals surface area contributed by atoms with E-state index in [2.05, 4.69) is 16.5 Å². The van der Waals surface area contributed by atoms with Crippen LogP contribution < -0.4 is 5.32 Å². The van der Waals surface area contributed by atoms with Gasteiger partial charge in [0.05, 0.1) is 11.1 Å². The van der Waals surface area contributed by atoms with Crippen molar-refractivity contribution in [1.82, 2.24) is 15.1 Å². The van der Waals surface area contributed by atoms with Crippen LogP contribution in [0, 0.1) is 19.7 Å². The van der Waals surface area contributed by atoms with E-state index in [0.29, 0.717) is 6.54 Å². The molecule has 2 aromatic rings. The maximum absolute atomic E-state index is 13.6. The minimum Gasteiger partial charge on any atom is -0.355 e. The number of aromatic nitrogens is 2. The molecular weight excluding hydrogens is 317 g/mol. The predicted molar refractivity (Wildman–Crippen MR) is 95.9 cm³/mol. The molecule has 0 saturated heterocycles. The zero-order valence-corrected chi connectivity index (χ0v) is 15.0. The molecule has 134 valence electrons. The smallest absolute Gasteiger partial charge is 0.230 e. The Bertz CT molecular complexity index is 747. The Morgan fingerprint density at radius 3 is 2.68 bits per heavy atom. The number of carbonyl (C=O) groups excluding carboxylic acids is 1. The molecule has 0 atom stereocenters. The predicted octanol–water partition coefficient (Wildman–Crippen LogP) is 3.66. The van der Waals surface area contributed by atoms with Crippen molar-refractivity contribution in [3.8, 4) is 0 Å². The average molecular weight is 343 g/mol. The third kappa shape index (κ3) is 3.75. The molecule has 1 amide bonds. The topological polar surface area (TPSA) is 46.9 Å². The van der Waals surface area contributed by atoms with Crippen LogP contribution in [0.5, 0.6) is 0 Å². The molecule has 4 nitrogen and oxygen atoms in total. The van der Waals surface area contributed by atoms with Gasteiger partial charge in [-0.1, -0.05) is 25.0 Å². The van der Waals surface area contributed by atoms with E-state index in [0.717, 1.165) is 55.6 Å². The highest BCUT2D eigenvalue weighted by Gasteiger charge is 2.42. The number of halogens is 1. The monoisotopic (exact) mass is 343 g/mol. The van der Waals surface area contributed by atoms with Crippen LogP contribution in [0.3, 0.4) is 0 Å². The van der Waals surface area contributed by atoms with E-state index in [-0.39, 0.29) is 11.7 Å². The Hall–Kier alpha value is -2.17. The molecule has 25 heavy (non-hydrogen) atoms. The van der Waals surface area contributed by atoms with Crippen LogP contribution in [0.2, 0.25) is 0 Å². The van der Waals surface area contributed by atoms with Crippen molar-refractivity contribution in [2.24, 2.45) is 0 Å². The van der Waals surface area contributed by atoms with Gasteiger partial charge in [-0.05, 0) is 56.9 Å². The lowest BCUT2D eigenvalue weighted by atomic mass is 9.78. The molecule has 0 aliphatic heterocycles. The zero-order chi connectivity index (χ0) is 17.9. The van der Waals surface area contributed by atoms with Crippen molar-refractivity contribution in [3.63, 3.8) is 0 Å². The molecule has 1 aromatic carbocycles. The zero-order valence-electron chi connectivity index (χ0n) is 15.0. The Balaban J connectivity index is 1.61. The Kier molecular flexibility index (Phi) is 5.21. The summed E-state index contributed by atoms with van der Waals surface area (Å²) in [6, 6.07) is 8.57. The van der Waals surface area contributed by atoms with E-state index in [1.807, 2.05) is 24.6 Å². The Morgan fingerprint density at radius 1 is 1.28 bits per heavy atom. The van der Waals surface area contributed by atoms with Crippen LogP contribution in [0.1, 0.15) is 49.1 Å². The number of nitrogens with one attached hydrogen (secondary N) is 1. The largest absolute Gasteiger partial charge is 0.355 e. The van der Waals surface area contributed by atoms with Gasteiger partial charge in [-0.15, -0.1) is 0 Å². The van der Waals surface area contributed by atoms with E-state index in [4.69, 9.17) is 0 Å². The summed E-state index contributed by atoms with van der Waals surface area (Å²) >= 11 is 0. The number of nitrogens with zero attached hydrogens (tertiary/aromatic N) is 2. The maximum atomic E-state index is 13.6. The lowest BCUT2D eigenvalue weighted by Crippen LogP contribution is -2.43. The van der Waals surface area contributed by atoms with Gasteiger partial charge in [0.2, 0.25) is 5.91 Å². The van der Waals surface area contributed by atoms with Crippen LogP contribution >= 0.6 is 0 Å². The van der Waals surface area contributed by atoms with Gasteiger partial charge >= 0.3 is 0 Å². The number of carbonyl (C=O) groups is 1. The van der Waals surface area contributed by atoms with E-state index >= 15 is 0 Å². The van der Waals surface area contributed by atoms with Crippen molar-refractivity contribution in [2.75, 3.05) is 6.54 Å². The summed E-state index contributed by atoms with van der Waals surface area (Å²) in [5.41, 5.74) is 2.38. The number of hydrogen-bond donors (Lipinski definition) is 1. The van der Waals surface area contributed by atoms with Crippen LogP contribution in [0.4, 0.5) is 4.39 Å². The molecule has 0 spiro atoms. The Labute approximate surface area is 148 Å². The SMILES string of the molecule is Cc1cc(C)n(CCCNC(=O)C2(c3cccc(F)c3)CCCC2)n1. The van der Waals surface area contributed by atoms with Crippen molar-refractivity contribution >= 4 is 5.91 Å². The number of benzene rings is 1. The summed E-state index contributed by atoms with van der Waals surface area (Å²) in [7, 11) is 0. The van der Waals surface area contributed by atoms with Gasteiger partial charge < -0.3 is 5.32 Å². The van der Waals surface area contributed by atoms with Crippen LogP contribution in [-0.4, -0.2) is 22.2 Å². The molecule has 0 radical (unpaired) electrons. The van der Waals surface area contributed by atoms with Crippen molar-refractivity contribution < 1.29 is 9.18 Å². The fourth-order valence-electron chi connectivity index (χ4n) is 3.91. The van der Waals surface area contributed by atoms with Crippen LogP contribution in [-0.2, 0) is 16.8 Å². The molecular formula is C20H26FN3O. The highest BCUT2D eigenvalue weighted by molar-refractivity contribution is 5.88. The standard InChI is InChI=1S/C20H26FN3O/c1-15-13-16(2)24(23-15)12-6-11-22-19(25)20(9-3-4-10-20)17-7-5-8-18(21)14-17/h5,7-8,13-14H,3-4,6,9-12H2,1-2H3,(H,22,25). The fraction of sp³-hybridized carbons (Fsp3) is 0.500. The number of amides is 1. The van der Waals surface area contributed by atoms with Gasteiger partial charge in [0, 0.05) is 18.8 Å². The van der Waals surface area contributed by atoms with E-state index in [9.17, 15) is 9.18 Å². The van der Waals surface area contributed by atoms with Gasteiger partial charge in [0.25, 0.3) is 0 Å². The summed E-state index contributed by atoms with van der Waals surface area (Å²) in [6.07, 6.45) is 4.43. The van der Waals surface area contributed by atoms with E-state index in [1.54, 1.807) is 6.07 Å². The Morgan fingerprint density at radius 2 is 2.04 bits per heavy atom. The quantitative estimate of drug-likeness (QED) is 0.814. The summed E-state index contributed by atoms with van der Waals surface area (Å²) in [6.45, 7) is 5.41. The first-order valence-corrected chi connectivity index (χ1v) is 9.07. The first-order valence-electron chi connectivity index (χ1n) is 9.07. The lowest BCUT2D eigenvalue weighted by molar-refractivity contribution is -0.126. The lowest BCUT2D eigenvalue weighted by Gasteiger charge is -2.28. The minimum atomic E-state index is -0.569. The third-order valence-corrected chi connectivity index (χ3v) is 5.20. The number of hydrogen-bond acceptors (Lipinski definition) is 2. The van der Waals surface area contributed by atoms with Crippen molar-refractivity contribution in [3.05, 3.63) is 53.1 Å². The fourth-order valence-corrected chi connectivity index (χ4v) is 3.91. The van der Waals surface area contributed by atoms with Crippen molar-refractivity contribution in [2.45, 2.75) is 57.9 Å². The van der Waals surface area contributed by atoms with Gasteiger partial charge in [-0.2, -0.15) is 5.10 Å². The molecule has 5 heteroatoms. The van der Waals surface area contributed by atoms with E-state index < -0.39 is 5.41 Å². The molecule has 1 aliphatic carbocycles. The highest BCUT2D eigenvalue weighted by Crippen LogP contribution is 2.41. The summed E-state index contributed by atoms with van der Waals surface area (Å²) in [4.78, 5) is 12.9. The molecule has 3 rings (SSSR count). The van der Waals surface area contributed by atoms with Gasteiger partial charge in [0.1, 0.15) is 5.82 Å². The number of aryl methyl sites for hydroxylation is 3. The second kappa shape index (κ2) is 7.38. The van der Waals surface area contributed by atoms with Crippen molar-refractivity contribution in [1.29, 1.82) is 0 Å². The molecule has 1 N–H and O–H groups in total. The second-order valence-electron chi connectivity index (χ2n) is 7.06. The molecule has 1 heterocycles. The number of rotatable bonds is 6. The molecule has 0 bridgehead atoms. The molecule has 0 unspecified atom stereocenters. The van der Waals surface area contributed by atoms with Gasteiger partial charge in [-0.3, -0.25) is 9.48 Å². The second-order valence-corrected chi connectivity index (χ2v) is 7.06. The summed E-state index contributed by atoms with van der Waals surface area (Å²) in [5.74, 6) is -0.245. The molecule has 1 aromatic heterocycles. The van der Waals surface area contributed by atoms with Crippen LogP contribution in [0.25, 0.3) is 0 Å². The normalized spacial score (nSPS) is 16.1. The highest BCUT2D eigenvalue weighted by atomic mass is 19.1. The molecule has 1 saturated carbocycles. The summed E-state index contributed by atoms with van der Waals surface area (Å²) < 4.78 is 15.6. The molecule has 1 aliphatic rings. The molecule has 1 fully saturated rings. The first-order chi connectivity index (χ1) is 12.0. The minimum absolute atomic E-state index is 0.0315. The summed E-state index contributed by atoms with van der Waals surface area (Å²) in [5, 5.41) is 7.51. The van der Waals surface area contributed by atoms with Gasteiger partial charge in [-0.25, -0.2) is 4.39 Å². The average Bonchev–Trinajstić information content (AvgIpc) is 3.19. The third-order valence-electron chi connectivity index (χ3n) is 5.20. The van der Waals surface area contributed by atoms with Gasteiger partial charge in [0.15, 0.2) is 0 Å². The van der Waals surface area contributed by atoms with Crippen LogP contribution in [0.15, 0.2) is 30.3 Å². The maximum Gasteiger partial charge on any atom is 0.230 e. The van der Waals surface area contributed by atoms with E-state index in [1.165, 1.54) is 12.1 Å². The first kappa shape index (κ1) is 17.6.